The predicted molar refractivity (Wildman–Crippen MR) is 48.0 cm³/mol. The molecule has 0 radical (unpaired) electrons. The quantitative estimate of drug-likeness (QED) is 0.641. The number of nitrogens with two attached hydrogens (primary N) is 1. The van der Waals surface area contributed by atoms with Crippen LogP contribution in [0.1, 0.15) is 20.3 Å². The van der Waals surface area contributed by atoms with E-state index in [0.717, 1.165) is 0 Å². The number of hydrogen-bond acceptors (Lipinski definition) is 3. The van der Waals surface area contributed by atoms with E-state index in [0.29, 0.717) is 6.92 Å². The first-order valence-corrected chi connectivity index (χ1v) is 4.40. The van der Waals surface area contributed by atoms with Gasteiger partial charge in [-0.1, -0.05) is 0 Å². The number of rotatable bonds is 4. The molecule has 0 aromatic rings. The van der Waals surface area contributed by atoms with Crippen molar-refractivity contribution in [2.45, 2.75) is 38.0 Å². The van der Waals surface area contributed by atoms with Gasteiger partial charge >= 0.3 is 6.18 Å². The third-order valence-corrected chi connectivity index (χ3v) is 2.00. The molecule has 0 rings (SSSR count). The summed E-state index contributed by atoms with van der Waals surface area (Å²) in [7, 11) is 0. The number of amides is 1. The van der Waals surface area contributed by atoms with Crippen molar-refractivity contribution in [2.24, 2.45) is 5.73 Å². The van der Waals surface area contributed by atoms with E-state index < -0.39 is 23.7 Å². The summed E-state index contributed by atoms with van der Waals surface area (Å²) in [5, 5.41) is 10.6. The van der Waals surface area contributed by atoms with Gasteiger partial charge in [0.05, 0.1) is 0 Å². The molecule has 2 atom stereocenters. The number of nitrogens with one attached hydrogen (secondary N) is 1. The van der Waals surface area contributed by atoms with Gasteiger partial charge < -0.3 is 16.2 Å². The van der Waals surface area contributed by atoms with Gasteiger partial charge in [0, 0.05) is 12.6 Å². The third-order valence-electron chi connectivity index (χ3n) is 2.00. The Morgan fingerprint density at radius 3 is 2.33 bits per heavy atom. The maximum Gasteiger partial charge on any atom is 0.415 e. The molecule has 0 bridgehead atoms. The second-order valence-corrected chi connectivity index (χ2v) is 3.59. The summed E-state index contributed by atoms with van der Waals surface area (Å²) in [5.74, 6) is -1.30. The van der Waals surface area contributed by atoms with Crippen LogP contribution >= 0.6 is 0 Å². The fourth-order valence-corrected chi connectivity index (χ4v) is 0.768. The van der Waals surface area contributed by atoms with Gasteiger partial charge in [0.2, 0.25) is 5.91 Å². The molecule has 4 nitrogen and oxygen atoms in total. The average Bonchev–Trinajstić information content (AvgIpc) is 2.02. The molecule has 0 saturated carbocycles. The minimum atomic E-state index is -4.80. The highest BCUT2D eigenvalue weighted by molar-refractivity contribution is 5.86. The Morgan fingerprint density at radius 1 is 1.53 bits per heavy atom. The summed E-state index contributed by atoms with van der Waals surface area (Å²) in [4.78, 5) is 11.2. The molecular weight excluding hydrogens is 213 g/mol. The van der Waals surface area contributed by atoms with Crippen molar-refractivity contribution in [1.29, 1.82) is 0 Å². The van der Waals surface area contributed by atoms with Crippen LogP contribution in [-0.2, 0) is 4.79 Å². The largest absolute Gasteiger partial charge is 0.415 e. The molecule has 0 saturated heterocycles. The van der Waals surface area contributed by atoms with Crippen LogP contribution in [0.3, 0.4) is 0 Å². The highest BCUT2D eigenvalue weighted by Gasteiger charge is 2.54. The van der Waals surface area contributed by atoms with Gasteiger partial charge in [0.15, 0.2) is 5.54 Å². The van der Waals surface area contributed by atoms with Gasteiger partial charge in [-0.25, -0.2) is 0 Å². The van der Waals surface area contributed by atoms with E-state index >= 15 is 0 Å². The normalized spacial score (nSPS) is 18.1. The first-order chi connectivity index (χ1) is 6.63. The van der Waals surface area contributed by atoms with Gasteiger partial charge in [-0.05, 0) is 20.3 Å². The maximum atomic E-state index is 12.3. The van der Waals surface area contributed by atoms with Crippen LogP contribution in [0.5, 0.6) is 0 Å². The second kappa shape index (κ2) is 4.80. The van der Waals surface area contributed by atoms with Crippen LogP contribution < -0.4 is 11.1 Å². The van der Waals surface area contributed by atoms with Crippen molar-refractivity contribution in [1.82, 2.24) is 5.32 Å². The zero-order chi connectivity index (χ0) is 12.3. The maximum absolute atomic E-state index is 12.3. The Morgan fingerprint density at radius 2 is 2.00 bits per heavy atom. The van der Waals surface area contributed by atoms with Crippen molar-refractivity contribution in [3.05, 3.63) is 0 Å². The molecule has 0 fully saturated rings. The number of carbonyl (C=O) groups excluding carboxylic acids is 1. The van der Waals surface area contributed by atoms with Crippen molar-refractivity contribution < 1.29 is 23.1 Å². The van der Waals surface area contributed by atoms with Crippen LogP contribution in [0.4, 0.5) is 13.2 Å². The Labute approximate surface area is 85.6 Å². The minimum Gasteiger partial charge on any atom is -0.396 e. The molecular formula is C8H15F3N2O2. The van der Waals surface area contributed by atoms with Gasteiger partial charge in [0.25, 0.3) is 0 Å². The van der Waals surface area contributed by atoms with Crippen LogP contribution in [0.15, 0.2) is 0 Å². The highest BCUT2D eigenvalue weighted by atomic mass is 19.4. The van der Waals surface area contributed by atoms with E-state index in [1.165, 1.54) is 6.92 Å². The van der Waals surface area contributed by atoms with Gasteiger partial charge in [-0.15, -0.1) is 0 Å². The van der Waals surface area contributed by atoms with E-state index in [2.05, 4.69) is 5.32 Å². The zero-order valence-electron chi connectivity index (χ0n) is 8.56. The van der Waals surface area contributed by atoms with Crippen LogP contribution in [-0.4, -0.2) is 35.4 Å². The Bertz CT molecular complexity index is 228. The Kier molecular flexibility index (Phi) is 4.54. The third kappa shape index (κ3) is 3.67. The number of carbonyl (C=O) groups is 1. The highest BCUT2D eigenvalue weighted by Crippen LogP contribution is 2.28. The SMILES string of the molecule is CC(CCO)NC(=O)C(C)(N)C(F)(F)F. The van der Waals surface area contributed by atoms with Gasteiger partial charge in [0.1, 0.15) is 0 Å². The summed E-state index contributed by atoms with van der Waals surface area (Å²) >= 11 is 0. The van der Waals surface area contributed by atoms with E-state index in [1.807, 2.05) is 0 Å². The number of halogens is 3. The fraction of sp³-hybridized carbons (Fsp3) is 0.875. The lowest BCUT2D eigenvalue weighted by molar-refractivity contribution is -0.187. The lowest BCUT2D eigenvalue weighted by atomic mass is 10.0. The number of hydrogen-bond donors (Lipinski definition) is 3. The molecule has 15 heavy (non-hydrogen) atoms. The predicted octanol–water partition coefficient (Wildman–Crippen LogP) is 0.153. The molecule has 0 aliphatic heterocycles. The van der Waals surface area contributed by atoms with Crippen molar-refractivity contribution in [3.8, 4) is 0 Å². The molecule has 0 aliphatic carbocycles. The average molecular weight is 228 g/mol. The van der Waals surface area contributed by atoms with Crippen LogP contribution in [0.2, 0.25) is 0 Å². The lowest BCUT2D eigenvalue weighted by Gasteiger charge is -2.27. The zero-order valence-corrected chi connectivity index (χ0v) is 8.56. The molecule has 0 aromatic heterocycles. The molecule has 0 aliphatic rings. The van der Waals surface area contributed by atoms with E-state index in [1.54, 1.807) is 0 Å². The first-order valence-electron chi connectivity index (χ1n) is 4.40. The smallest absolute Gasteiger partial charge is 0.396 e. The van der Waals surface area contributed by atoms with E-state index in [-0.39, 0.29) is 13.0 Å². The van der Waals surface area contributed by atoms with Crippen LogP contribution in [0.25, 0.3) is 0 Å². The van der Waals surface area contributed by atoms with E-state index in [9.17, 15) is 18.0 Å². The summed E-state index contributed by atoms with van der Waals surface area (Å²) in [6.45, 7) is 1.88. The van der Waals surface area contributed by atoms with Crippen molar-refractivity contribution >= 4 is 5.91 Å². The van der Waals surface area contributed by atoms with Gasteiger partial charge in [-0.3, -0.25) is 4.79 Å². The fourth-order valence-electron chi connectivity index (χ4n) is 0.768. The van der Waals surface area contributed by atoms with E-state index in [4.69, 9.17) is 10.8 Å². The summed E-state index contributed by atoms with van der Waals surface area (Å²) < 4.78 is 36.9. The number of alkyl halides is 3. The topological polar surface area (TPSA) is 75.3 Å². The molecule has 4 N–H and O–H groups in total. The Hall–Kier alpha value is -0.820. The van der Waals surface area contributed by atoms with Crippen LogP contribution in [0, 0.1) is 0 Å². The summed E-state index contributed by atoms with van der Waals surface area (Å²) in [5.41, 5.74) is 1.98. The molecule has 0 heterocycles. The van der Waals surface area contributed by atoms with Crippen molar-refractivity contribution in [3.63, 3.8) is 0 Å². The minimum absolute atomic E-state index is 0.180. The molecule has 1 amide bonds. The molecule has 2 unspecified atom stereocenters. The number of aliphatic hydroxyl groups is 1. The Balaban J connectivity index is 4.45. The van der Waals surface area contributed by atoms with Gasteiger partial charge in [-0.2, -0.15) is 13.2 Å². The molecule has 0 spiro atoms. The second-order valence-electron chi connectivity index (χ2n) is 3.59. The molecule has 0 aromatic carbocycles. The molecule has 90 valence electrons. The summed E-state index contributed by atoms with van der Waals surface area (Å²) in [6.07, 6.45) is -4.62. The molecule has 7 heteroatoms. The van der Waals surface area contributed by atoms with Crippen molar-refractivity contribution in [2.75, 3.05) is 6.61 Å². The number of aliphatic hydroxyl groups excluding tert-OH is 1. The summed E-state index contributed by atoms with van der Waals surface area (Å²) in [6, 6.07) is -0.548. The standard InChI is InChI=1S/C8H15F3N2O2/c1-5(3-4-14)13-6(15)7(2,12)8(9,10)11/h5,14H,3-4,12H2,1-2H3,(H,13,15). The monoisotopic (exact) mass is 228 g/mol. The first kappa shape index (κ1) is 14.2. The lowest BCUT2D eigenvalue weighted by Crippen LogP contribution is -2.62.